The summed E-state index contributed by atoms with van der Waals surface area (Å²) in [5.74, 6) is -0.0941. The summed E-state index contributed by atoms with van der Waals surface area (Å²) < 4.78 is 28.3. The fourth-order valence-electron chi connectivity index (χ4n) is 2.10. The molecule has 0 spiro atoms. The third-order valence-electron chi connectivity index (χ3n) is 3.00. The zero-order valence-corrected chi connectivity index (χ0v) is 11.5. The molecule has 0 unspecified atom stereocenters. The van der Waals surface area contributed by atoms with E-state index < -0.39 is 18.9 Å². The van der Waals surface area contributed by atoms with E-state index in [1.807, 2.05) is 0 Å². The van der Waals surface area contributed by atoms with Crippen LogP contribution in [-0.2, 0) is 7.05 Å². The highest BCUT2D eigenvalue weighted by Gasteiger charge is 2.24. The molecule has 8 heteroatoms. The summed E-state index contributed by atoms with van der Waals surface area (Å²) in [6.45, 7) is -1.25. The summed E-state index contributed by atoms with van der Waals surface area (Å²) in [4.78, 5) is 13.3. The van der Waals surface area contributed by atoms with E-state index in [9.17, 15) is 13.6 Å². The van der Waals surface area contributed by atoms with Crippen LogP contribution in [0.15, 0.2) is 30.7 Å². The van der Waals surface area contributed by atoms with Crippen LogP contribution in [0.2, 0.25) is 0 Å². The molecule has 2 aromatic heterocycles. The lowest BCUT2D eigenvalue weighted by Crippen LogP contribution is -2.37. The predicted molar refractivity (Wildman–Crippen MR) is 71.5 cm³/mol. The van der Waals surface area contributed by atoms with Gasteiger partial charge >= 0.3 is 0 Å². The van der Waals surface area contributed by atoms with Crippen molar-refractivity contribution >= 4 is 5.91 Å². The summed E-state index contributed by atoms with van der Waals surface area (Å²) in [5, 5.41) is 13.0. The van der Waals surface area contributed by atoms with Gasteiger partial charge in [-0.1, -0.05) is 0 Å². The molecule has 0 fully saturated rings. The number of rotatable bonds is 6. The van der Waals surface area contributed by atoms with Crippen LogP contribution in [0.4, 0.5) is 8.78 Å². The first-order chi connectivity index (χ1) is 10.0. The molecular weight excluding hydrogens is 282 g/mol. The van der Waals surface area contributed by atoms with Crippen molar-refractivity contribution in [3.8, 4) is 5.82 Å². The first-order valence-corrected chi connectivity index (χ1v) is 6.38. The van der Waals surface area contributed by atoms with Crippen molar-refractivity contribution < 1.29 is 18.7 Å². The van der Waals surface area contributed by atoms with Crippen LogP contribution in [0.5, 0.6) is 0 Å². The fraction of sp³-hybridized carbons (Fsp3) is 0.385. The van der Waals surface area contributed by atoms with Gasteiger partial charge in [0.2, 0.25) is 0 Å². The highest BCUT2D eigenvalue weighted by Crippen LogP contribution is 2.16. The molecule has 0 saturated heterocycles. The van der Waals surface area contributed by atoms with Crippen molar-refractivity contribution in [3.63, 3.8) is 0 Å². The lowest BCUT2D eigenvalue weighted by Gasteiger charge is -2.21. The third kappa shape index (κ3) is 3.27. The minimum Gasteiger partial charge on any atom is -0.395 e. The van der Waals surface area contributed by atoms with Crippen molar-refractivity contribution in [3.05, 3.63) is 36.3 Å². The number of amides is 1. The Morgan fingerprint density at radius 1 is 1.43 bits per heavy atom. The SMILES string of the molecule is Cn1ncc(C(=O)N(CCO)CC(F)F)c1-n1cccc1. The number of aliphatic hydroxyl groups excluding tert-OH is 1. The van der Waals surface area contributed by atoms with Gasteiger partial charge in [0.1, 0.15) is 11.4 Å². The molecular formula is C13H16F2N4O2. The maximum atomic E-state index is 12.6. The molecule has 6 nitrogen and oxygen atoms in total. The number of carbonyl (C=O) groups is 1. The first kappa shape index (κ1) is 15.2. The fourth-order valence-corrected chi connectivity index (χ4v) is 2.10. The number of aliphatic hydroxyl groups is 1. The van der Waals surface area contributed by atoms with Gasteiger partial charge in [-0.3, -0.25) is 9.48 Å². The quantitative estimate of drug-likeness (QED) is 0.862. The second-order valence-corrected chi connectivity index (χ2v) is 4.46. The van der Waals surface area contributed by atoms with E-state index >= 15 is 0 Å². The zero-order valence-electron chi connectivity index (χ0n) is 11.5. The topological polar surface area (TPSA) is 63.3 Å². The zero-order chi connectivity index (χ0) is 15.4. The Hall–Kier alpha value is -2.22. The van der Waals surface area contributed by atoms with Crippen molar-refractivity contribution in [1.29, 1.82) is 0 Å². The van der Waals surface area contributed by atoms with Crippen LogP contribution >= 0.6 is 0 Å². The van der Waals surface area contributed by atoms with Crippen LogP contribution < -0.4 is 0 Å². The van der Waals surface area contributed by atoms with Crippen LogP contribution in [0.3, 0.4) is 0 Å². The number of hydrogen-bond acceptors (Lipinski definition) is 3. The Balaban J connectivity index is 2.34. The molecule has 114 valence electrons. The molecule has 0 radical (unpaired) electrons. The summed E-state index contributed by atoms with van der Waals surface area (Å²) in [6.07, 6.45) is 2.15. The van der Waals surface area contributed by atoms with Crippen molar-refractivity contribution in [1.82, 2.24) is 19.2 Å². The van der Waals surface area contributed by atoms with Gasteiger partial charge in [0, 0.05) is 26.0 Å². The number of carbonyl (C=O) groups excluding carboxylic acids is 1. The Morgan fingerprint density at radius 3 is 2.67 bits per heavy atom. The van der Waals surface area contributed by atoms with Gasteiger partial charge in [-0.25, -0.2) is 8.78 Å². The van der Waals surface area contributed by atoms with E-state index in [2.05, 4.69) is 5.10 Å². The van der Waals surface area contributed by atoms with Gasteiger partial charge in [0.15, 0.2) is 0 Å². The number of hydrogen-bond donors (Lipinski definition) is 1. The minimum atomic E-state index is -2.66. The highest BCUT2D eigenvalue weighted by molar-refractivity contribution is 5.97. The minimum absolute atomic E-state index is 0.150. The maximum Gasteiger partial charge on any atom is 0.259 e. The van der Waals surface area contributed by atoms with Gasteiger partial charge in [-0.2, -0.15) is 5.10 Å². The van der Waals surface area contributed by atoms with Crippen LogP contribution in [0, 0.1) is 0 Å². The molecule has 2 aromatic rings. The van der Waals surface area contributed by atoms with E-state index in [0.717, 1.165) is 4.90 Å². The average Bonchev–Trinajstić information content (AvgIpc) is 3.05. The Bertz CT molecular complexity index is 595. The molecule has 0 atom stereocenters. The predicted octanol–water partition coefficient (Wildman–Crippen LogP) is 0.910. The average molecular weight is 298 g/mol. The molecule has 2 heterocycles. The summed E-state index contributed by atoms with van der Waals surface area (Å²) in [6, 6.07) is 3.57. The van der Waals surface area contributed by atoms with Crippen molar-refractivity contribution in [2.24, 2.45) is 7.05 Å². The number of halogens is 2. The summed E-state index contributed by atoms with van der Waals surface area (Å²) >= 11 is 0. The normalized spacial score (nSPS) is 11.1. The molecule has 0 aliphatic carbocycles. The van der Waals surface area contributed by atoms with E-state index in [-0.39, 0.29) is 18.7 Å². The molecule has 0 aliphatic rings. The van der Waals surface area contributed by atoms with Gasteiger partial charge in [0.25, 0.3) is 12.3 Å². The standard InChI is InChI=1S/C13H16F2N4O2/c1-17-12(18-4-2-3-5-18)10(8-16-17)13(21)19(6-7-20)9-11(14)15/h2-5,8,11,20H,6-7,9H2,1H3. The number of nitrogens with zero attached hydrogens (tertiary/aromatic N) is 4. The number of aromatic nitrogens is 3. The lowest BCUT2D eigenvalue weighted by molar-refractivity contribution is 0.0509. The van der Waals surface area contributed by atoms with E-state index in [1.54, 1.807) is 36.1 Å². The molecule has 0 saturated carbocycles. The monoisotopic (exact) mass is 298 g/mol. The van der Waals surface area contributed by atoms with Gasteiger partial charge in [0.05, 0.1) is 19.3 Å². The Labute approximate surface area is 120 Å². The van der Waals surface area contributed by atoms with E-state index in [0.29, 0.717) is 5.82 Å². The van der Waals surface area contributed by atoms with Crippen LogP contribution in [0.25, 0.3) is 5.82 Å². The van der Waals surface area contributed by atoms with Gasteiger partial charge < -0.3 is 14.6 Å². The Kier molecular flexibility index (Phi) is 4.69. The van der Waals surface area contributed by atoms with E-state index in [4.69, 9.17) is 5.11 Å². The first-order valence-electron chi connectivity index (χ1n) is 6.38. The number of aryl methyl sites for hydroxylation is 1. The molecule has 0 aromatic carbocycles. The van der Waals surface area contributed by atoms with Gasteiger partial charge in [-0.05, 0) is 12.1 Å². The smallest absolute Gasteiger partial charge is 0.259 e. The lowest BCUT2D eigenvalue weighted by atomic mass is 10.2. The molecule has 0 bridgehead atoms. The molecule has 0 aliphatic heterocycles. The highest BCUT2D eigenvalue weighted by atomic mass is 19.3. The van der Waals surface area contributed by atoms with Crippen LogP contribution in [0.1, 0.15) is 10.4 Å². The molecule has 1 amide bonds. The number of alkyl halides is 2. The second-order valence-electron chi connectivity index (χ2n) is 4.46. The van der Waals surface area contributed by atoms with Gasteiger partial charge in [-0.15, -0.1) is 0 Å². The van der Waals surface area contributed by atoms with E-state index in [1.165, 1.54) is 10.9 Å². The maximum absolute atomic E-state index is 12.6. The second kappa shape index (κ2) is 6.49. The largest absolute Gasteiger partial charge is 0.395 e. The van der Waals surface area contributed by atoms with Crippen LogP contribution in [-0.4, -0.2) is 56.4 Å². The summed E-state index contributed by atoms with van der Waals surface area (Å²) in [7, 11) is 1.66. The van der Waals surface area contributed by atoms with Crippen molar-refractivity contribution in [2.45, 2.75) is 6.43 Å². The van der Waals surface area contributed by atoms with Crippen molar-refractivity contribution in [2.75, 3.05) is 19.7 Å². The molecule has 2 rings (SSSR count). The molecule has 1 N–H and O–H groups in total. The summed E-state index contributed by atoms with van der Waals surface area (Å²) in [5.41, 5.74) is 0.211. The Morgan fingerprint density at radius 2 is 2.10 bits per heavy atom. The molecule has 21 heavy (non-hydrogen) atoms. The third-order valence-corrected chi connectivity index (χ3v) is 3.00.